The fraction of sp³-hybridized carbons (Fsp3) is 0.818. The van der Waals surface area contributed by atoms with E-state index < -0.39 is 0 Å². The molecule has 0 aromatic carbocycles. The molecule has 0 atom stereocenters. The molecule has 1 aliphatic rings. The summed E-state index contributed by atoms with van der Waals surface area (Å²) in [7, 11) is 0. The topological polar surface area (TPSA) is 62.9 Å². The molecule has 0 amide bonds. The molecule has 1 N–H and O–H groups in total. The van der Waals surface area contributed by atoms with E-state index in [4.69, 9.17) is 10.5 Å². The first-order chi connectivity index (χ1) is 7.35. The fourth-order valence-corrected chi connectivity index (χ4v) is 1.62. The van der Waals surface area contributed by atoms with E-state index >= 15 is 0 Å². The van der Waals surface area contributed by atoms with Crippen molar-refractivity contribution < 1.29 is 0 Å². The minimum Gasteiger partial charge on any atom is -0.303 e. The van der Waals surface area contributed by atoms with Crippen molar-refractivity contribution in [1.29, 1.82) is 10.5 Å². The van der Waals surface area contributed by atoms with E-state index in [2.05, 4.69) is 11.8 Å². The van der Waals surface area contributed by atoms with Gasteiger partial charge in [-0.2, -0.15) is 10.5 Å². The third-order valence-corrected chi connectivity index (χ3v) is 2.39. The van der Waals surface area contributed by atoms with Gasteiger partial charge in [0.2, 0.25) is 0 Å². The van der Waals surface area contributed by atoms with Crippen molar-refractivity contribution in [3.63, 3.8) is 0 Å². The van der Waals surface area contributed by atoms with Gasteiger partial charge < -0.3 is 4.90 Å². The number of hydrogen-bond donors (Lipinski definition) is 1. The monoisotopic (exact) mass is 208 g/mol. The summed E-state index contributed by atoms with van der Waals surface area (Å²) < 4.78 is 0. The van der Waals surface area contributed by atoms with E-state index in [9.17, 15) is 0 Å². The molecule has 1 rings (SSSR count). The lowest BCUT2D eigenvalue weighted by molar-refractivity contribution is 0.329. The highest BCUT2D eigenvalue weighted by atomic mass is 15.1. The Morgan fingerprint density at radius 1 is 1.13 bits per heavy atom. The van der Waals surface area contributed by atoms with Crippen molar-refractivity contribution in [2.75, 3.05) is 19.6 Å². The van der Waals surface area contributed by atoms with Crippen molar-refractivity contribution >= 4 is 0 Å². The Morgan fingerprint density at radius 2 is 1.73 bits per heavy atom. The third-order valence-electron chi connectivity index (χ3n) is 2.39. The zero-order chi connectivity index (χ0) is 11.4. The van der Waals surface area contributed by atoms with Crippen LogP contribution in [0.3, 0.4) is 0 Å². The average molecular weight is 208 g/mol. The highest BCUT2D eigenvalue weighted by molar-refractivity contribution is 4.77. The number of hydrogen-bond acceptors (Lipinski definition) is 4. The lowest BCUT2D eigenvalue weighted by Gasteiger charge is -2.12. The van der Waals surface area contributed by atoms with Crippen molar-refractivity contribution in [1.82, 2.24) is 10.2 Å². The quantitative estimate of drug-likeness (QED) is 0.435. The Labute approximate surface area is 92.5 Å². The summed E-state index contributed by atoms with van der Waals surface area (Å²) in [5.41, 5.74) is 0. The van der Waals surface area contributed by atoms with Crippen LogP contribution in [0.1, 0.15) is 39.0 Å². The largest absolute Gasteiger partial charge is 0.303 e. The van der Waals surface area contributed by atoms with Crippen LogP contribution in [-0.4, -0.2) is 24.5 Å². The molecule has 0 saturated carbocycles. The maximum Gasteiger partial charge on any atom is 0.190 e. The van der Waals surface area contributed by atoms with Gasteiger partial charge in [-0.05, 0) is 38.9 Å². The molecule has 1 heterocycles. The standard InChI is InChI=1S/C9H19N.C2HN3/c1-2-3-4-7-10-8-5-6-9-10;3-1-5-2-4/h2-9H2,1H3;5H. The predicted octanol–water partition coefficient (Wildman–Crippen LogP) is 1.81. The molecule has 0 aromatic heterocycles. The van der Waals surface area contributed by atoms with Gasteiger partial charge in [0.1, 0.15) is 0 Å². The molecule has 0 bridgehead atoms. The number of likely N-dealkylation sites (tertiary alicyclic amines) is 1. The Balaban J connectivity index is 0.000000336. The van der Waals surface area contributed by atoms with Gasteiger partial charge in [-0.3, -0.25) is 0 Å². The Kier molecular flexibility index (Phi) is 9.91. The smallest absolute Gasteiger partial charge is 0.190 e. The summed E-state index contributed by atoms with van der Waals surface area (Å²) >= 11 is 0. The number of nitrogens with one attached hydrogen (secondary N) is 1. The zero-order valence-corrected chi connectivity index (χ0v) is 9.50. The molecule has 4 nitrogen and oxygen atoms in total. The fourth-order valence-electron chi connectivity index (χ4n) is 1.62. The molecule has 1 saturated heterocycles. The second kappa shape index (κ2) is 10.8. The van der Waals surface area contributed by atoms with E-state index in [0.29, 0.717) is 0 Å². The first-order valence-electron chi connectivity index (χ1n) is 5.60. The first-order valence-corrected chi connectivity index (χ1v) is 5.60. The minimum absolute atomic E-state index is 1.36. The molecule has 1 aliphatic heterocycles. The molecule has 1 fully saturated rings. The maximum atomic E-state index is 7.48. The van der Waals surface area contributed by atoms with Gasteiger partial charge in [-0.25, -0.2) is 5.32 Å². The van der Waals surface area contributed by atoms with Crippen LogP contribution in [-0.2, 0) is 0 Å². The van der Waals surface area contributed by atoms with Crippen LogP contribution >= 0.6 is 0 Å². The molecule has 15 heavy (non-hydrogen) atoms. The Hall–Kier alpha value is -1.26. The molecule has 4 heteroatoms. The Morgan fingerprint density at radius 3 is 2.13 bits per heavy atom. The van der Waals surface area contributed by atoms with Crippen LogP contribution in [0.15, 0.2) is 0 Å². The lowest BCUT2D eigenvalue weighted by atomic mass is 10.2. The summed E-state index contributed by atoms with van der Waals surface area (Å²) in [6.45, 7) is 6.35. The summed E-state index contributed by atoms with van der Waals surface area (Å²) in [6.07, 6.45) is 9.87. The van der Waals surface area contributed by atoms with Crippen LogP contribution < -0.4 is 5.32 Å². The van der Waals surface area contributed by atoms with Crippen LogP contribution in [0.5, 0.6) is 0 Å². The molecule has 0 radical (unpaired) electrons. The molecular weight excluding hydrogens is 188 g/mol. The summed E-state index contributed by atoms with van der Waals surface area (Å²) in [4.78, 5) is 2.59. The van der Waals surface area contributed by atoms with Crippen LogP contribution in [0.2, 0.25) is 0 Å². The van der Waals surface area contributed by atoms with Gasteiger partial charge in [-0.1, -0.05) is 19.8 Å². The number of nitriles is 2. The summed E-state index contributed by atoms with van der Waals surface area (Å²) in [5.74, 6) is 0. The van der Waals surface area contributed by atoms with Crippen molar-refractivity contribution in [3.8, 4) is 12.4 Å². The highest BCUT2D eigenvalue weighted by Gasteiger charge is 2.09. The van der Waals surface area contributed by atoms with E-state index in [1.807, 2.05) is 0 Å². The molecular formula is C11H20N4. The van der Waals surface area contributed by atoms with Gasteiger partial charge >= 0.3 is 0 Å². The van der Waals surface area contributed by atoms with Crippen molar-refractivity contribution in [2.45, 2.75) is 39.0 Å². The van der Waals surface area contributed by atoms with E-state index in [1.165, 1.54) is 64.1 Å². The molecule has 84 valence electrons. The van der Waals surface area contributed by atoms with Crippen LogP contribution in [0.25, 0.3) is 0 Å². The highest BCUT2D eigenvalue weighted by Crippen LogP contribution is 2.08. The van der Waals surface area contributed by atoms with Gasteiger partial charge in [-0.15, -0.1) is 0 Å². The van der Waals surface area contributed by atoms with Gasteiger partial charge in [0.25, 0.3) is 0 Å². The summed E-state index contributed by atoms with van der Waals surface area (Å²) in [5, 5.41) is 16.7. The number of nitrogens with zero attached hydrogens (tertiary/aromatic N) is 3. The first kappa shape index (κ1) is 13.7. The average Bonchev–Trinajstić information content (AvgIpc) is 2.73. The van der Waals surface area contributed by atoms with Gasteiger partial charge in [0.15, 0.2) is 12.4 Å². The SMILES string of the molecule is CCCCCN1CCCC1.N#CNC#N. The number of unbranched alkanes of at least 4 members (excludes halogenated alkanes) is 2. The normalized spacial score (nSPS) is 14.6. The predicted molar refractivity (Wildman–Crippen MR) is 59.6 cm³/mol. The molecule has 0 aliphatic carbocycles. The maximum absolute atomic E-state index is 7.48. The van der Waals surface area contributed by atoms with E-state index in [1.54, 1.807) is 5.32 Å². The van der Waals surface area contributed by atoms with Crippen molar-refractivity contribution in [3.05, 3.63) is 0 Å². The zero-order valence-electron chi connectivity index (χ0n) is 9.50. The second-order valence-electron chi connectivity index (χ2n) is 3.60. The third kappa shape index (κ3) is 9.05. The Bertz CT molecular complexity index is 196. The summed E-state index contributed by atoms with van der Waals surface area (Å²) in [6, 6.07) is 0. The minimum atomic E-state index is 1.36. The molecule has 0 spiro atoms. The number of rotatable bonds is 4. The van der Waals surface area contributed by atoms with Crippen LogP contribution in [0, 0.1) is 22.9 Å². The van der Waals surface area contributed by atoms with Crippen LogP contribution in [0.4, 0.5) is 0 Å². The van der Waals surface area contributed by atoms with Crippen molar-refractivity contribution in [2.24, 2.45) is 0 Å². The van der Waals surface area contributed by atoms with E-state index in [0.717, 1.165) is 0 Å². The molecule has 0 aromatic rings. The second-order valence-corrected chi connectivity index (χ2v) is 3.60. The molecule has 0 unspecified atom stereocenters. The lowest BCUT2D eigenvalue weighted by Crippen LogP contribution is -2.20. The van der Waals surface area contributed by atoms with Gasteiger partial charge in [0, 0.05) is 0 Å². The van der Waals surface area contributed by atoms with E-state index in [-0.39, 0.29) is 0 Å². The van der Waals surface area contributed by atoms with Gasteiger partial charge in [0.05, 0.1) is 0 Å².